The normalized spacial score (nSPS) is 10.9. The zero-order valence-corrected chi connectivity index (χ0v) is 13.1. The molecule has 2 aromatic rings. The largest absolute Gasteiger partial charge is 0.392 e. The molecule has 0 aliphatic carbocycles. The Morgan fingerprint density at radius 3 is 2.73 bits per heavy atom. The van der Waals surface area contributed by atoms with Gasteiger partial charge in [0.15, 0.2) is 0 Å². The minimum absolute atomic E-state index is 0.00357. The minimum Gasteiger partial charge on any atom is -0.392 e. The molecule has 1 heterocycles. The van der Waals surface area contributed by atoms with Crippen molar-refractivity contribution in [3.8, 4) is 0 Å². The van der Waals surface area contributed by atoms with Gasteiger partial charge in [0.05, 0.1) is 6.61 Å². The molecule has 0 aliphatic heterocycles. The fraction of sp³-hybridized carbons (Fsp3) is 0.412. The Kier molecular flexibility index (Phi) is 5.72. The van der Waals surface area contributed by atoms with Crippen LogP contribution < -0.4 is 5.32 Å². The zero-order chi connectivity index (χ0) is 15.9. The van der Waals surface area contributed by atoms with Crippen LogP contribution >= 0.6 is 0 Å². The molecular weight excluding hydrogens is 278 g/mol. The summed E-state index contributed by atoms with van der Waals surface area (Å²) in [6.07, 6.45) is 4.09. The van der Waals surface area contributed by atoms with Crippen LogP contribution in [0.15, 0.2) is 36.7 Å². The molecule has 0 radical (unpaired) electrons. The third kappa shape index (κ3) is 4.18. The first-order valence-corrected chi connectivity index (χ1v) is 7.57. The highest BCUT2D eigenvalue weighted by Gasteiger charge is 2.09. The lowest BCUT2D eigenvalue weighted by Gasteiger charge is -2.11. The Bertz CT molecular complexity index is 620. The molecule has 5 heteroatoms. The average Bonchev–Trinajstić information content (AvgIpc) is 3.00. The molecule has 0 saturated carbocycles. The van der Waals surface area contributed by atoms with Crippen LogP contribution in [0.1, 0.15) is 43.1 Å². The van der Waals surface area contributed by atoms with Gasteiger partial charge in [0.25, 0.3) is 0 Å². The molecule has 2 rings (SSSR count). The summed E-state index contributed by atoms with van der Waals surface area (Å²) in [5.41, 5.74) is 1.79. The number of hydrogen-bond donors (Lipinski definition) is 2. The summed E-state index contributed by atoms with van der Waals surface area (Å²) in [5, 5.41) is 12.2. The van der Waals surface area contributed by atoms with E-state index in [9.17, 15) is 9.90 Å². The summed E-state index contributed by atoms with van der Waals surface area (Å²) < 4.78 is 2.02. The van der Waals surface area contributed by atoms with Crippen LogP contribution in [0.4, 0.5) is 0 Å². The highest BCUT2D eigenvalue weighted by molar-refractivity contribution is 5.75. The molecule has 22 heavy (non-hydrogen) atoms. The number of benzene rings is 1. The summed E-state index contributed by atoms with van der Waals surface area (Å²) in [6.45, 7) is 5.23. The lowest BCUT2D eigenvalue weighted by atomic mass is 10.1. The Morgan fingerprint density at radius 2 is 2.05 bits per heavy atom. The molecule has 2 N–H and O–H groups in total. The van der Waals surface area contributed by atoms with E-state index >= 15 is 0 Å². The first kappa shape index (κ1) is 16.2. The van der Waals surface area contributed by atoms with E-state index < -0.39 is 0 Å². The van der Waals surface area contributed by atoms with Gasteiger partial charge < -0.3 is 15.0 Å². The number of aryl methyl sites for hydroxylation is 1. The lowest BCUT2D eigenvalue weighted by molar-refractivity contribution is -0.121. The molecule has 0 unspecified atom stereocenters. The van der Waals surface area contributed by atoms with E-state index in [1.807, 2.05) is 35.0 Å². The summed E-state index contributed by atoms with van der Waals surface area (Å²) in [7, 11) is 0. The first-order chi connectivity index (χ1) is 10.6. The van der Waals surface area contributed by atoms with E-state index in [-0.39, 0.29) is 12.5 Å². The quantitative estimate of drug-likeness (QED) is 0.824. The Balaban J connectivity index is 1.84. The molecular formula is C17H23N3O2. The first-order valence-electron chi connectivity index (χ1n) is 7.57. The lowest BCUT2D eigenvalue weighted by Crippen LogP contribution is -2.24. The smallest absolute Gasteiger partial charge is 0.222 e. The second-order valence-electron chi connectivity index (χ2n) is 5.59. The summed E-state index contributed by atoms with van der Waals surface area (Å²) in [5.74, 6) is 1.34. The topological polar surface area (TPSA) is 67.2 Å². The van der Waals surface area contributed by atoms with Crippen molar-refractivity contribution in [2.45, 2.75) is 45.9 Å². The highest BCUT2D eigenvalue weighted by atomic mass is 16.3. The van der Waals surface area contributed by atoms with Gasteiger partial charge in [-0.3, -0.25) is 4.79 Å². The fourth-order valence-electron chi connectivity index (χ4n) is 2.40. The van der Waals surface area contributed by atoms with Crippen molar-refractivity contribution in [1.82, 2.24) is 14.9 Å². The van der Waals surface area contributed by atoms with Crippen molar-refractivity contribution in [1.29, 1.82) is 0 Å². The number of aliphatic hydroxyl groups is 1. The van der Waals surface area contributed by atoms with Gasteiger partial charge in [-0.2, -0.15) is 0 Å². The van der Waals surface area contributed by atoms with Gasteiger partial charge in [0, 0.05) is 37.8 Å². The van der Waals surface area contributed by atoms with Gasteiger partial charge in [-0.25, -0.2) is 4.98 Å². The molecule has 0 fully saturated rings. The maximum atomic E-state index is 12.0. The van der Waals surface area contributed by atoms with Gasteiger partial charge in [-0.15, -0.1) is 0 Å². The molecule has 0 spiro atoms. The molecule has 1 aromatic carbocycles. The Morgan fingerprint density at radius 1 is 1.32 bits per heavy atom. The van der Waals surface area contributed by atoms with Gasteiger partial charge in [0.2, 0.25) is 5.91 Å². The van der Waals surface area contributed by atoms with Crippen LogP contribution in [0, 0.1) is 0 Å². The summed E-state index contributed by atoms with van der Waals surface area (Å²) in [6, 6.07) is 7.56. The fourth-order valence-corrected chi connectivity index (χ4v) is 2.40. The van der Waals surface area contributed by atoms with Crippen LogP contribution in [0.5, 0.6) is 0 Å². The van der Waals surface area contributed by atoms with Gasteiger partial charge >= 0.3 is 0 Å². The molecule has 0 saturated heterocycles. The van der Waals surface area contributed by atoms with Gasteiger partial charge in [0.1, 0.15) is 5.82 Å². The van der Waals surface area contributed by atoms with Crippen LogP contribution in [0.25, 0.3) is 0 Å². The van der Waals surface area contributed by atoms with Crippen molar-refractivity contribution < 1.29 is 9.90 Å². The summed E-state index contributed by atoms with van der Waals surface area (Å²) in [4.78, 5) is 16.3. The predicted octanol–water partition coefficient (Wildman–Crippen LogP) is 2.21. The van der Waals surface area contributed by atoms with Crippen LogP contribution in [-0.4, -0.2) is 20.6 Å². The maximum absolute atomic E-state index is 12.0. The standard InChI is InChI=1S/C17H23N3O2/c1-13(2)17-18-8-10-20(17)9-7-16(22)19-11-14-5-3-4-6-15(14)12-21/h3-6,8,10,13,21H,7,9,11-12H2,1-2H3,(H,19,22). The number of imidazole rings is 1. The molecule has 1 amide bonds. The summed E-state index contributed by atoms with van der Waals surface area (Å²) >= 11 is 0. The molecule has 0 aliphatic rings. The van der Waals surface area contributed by atoms with Crippen molar-refractivity contribution in [3.05, 3.63) is 53.6 Å². The third-order valence-electron chi connectivity index (χ3n) is 3.61. The second kappa shape index (κ2) is 7.75. The SMILES string of the molecule is CC(C)c1nccn1CCC(=O)NCc1ccccc1CO. The minimum atomic E-state index is -0.0151. The van der Waals surface area contributed by atoms with E-state index in [2.05, 4.69) is 24.1 Å². The van der Waals surface area contributed by atoms with Crippen LogP contribution in [0.3, 0.4) is 0 Å². The maximum Gasteiger partial charge on any atom is 0.222 e. The van der Waals surface area contributed by atoms with Crippen molar-refractivity contribution >= 4 is 5.91 Å². The van der Waals surface area contributed by atoms with E-state index in [4.69, 9.17) is 0 Å². The average molecular weight is 301 g/mol. The number of carbonyl (C=O) groups excluding carboxylic acids is 1. The third-order valence-corrected chi connectivity index (χ3v) is 3.61. The Labute approximate surface area is 131 Å². The van der Waals surface area contributed by atoms with E-state index in [0.29, 0.717) is 25.4 Å². The molecule has 5 nitrogen and oxygen atoms in total. The highest BCUT2D eigenvalue weighted by Crippen LogP contribution is 2.12. The van der Waals surface area contributed by atoms with E-state index in [1.165, 1.54) is 0 Å². The van der Waals surface area contributed by atoms with Crippen molar-refractivity contribution in [3.63, 3.8) is 0 Å². The number of nitrogens with zero attached hydrogens (tertiary/aromatic N) is 2. The zero-order valence-electron chi connectivity index (χ0n) is 13.1. The molecule has 118 valence electrons. The predicted molar refractivity (Wildman–Crippen MR) is 85.1 cm³/mol. The number of nitrogens with one attached hydrogen (secondary N) is 1. The number of rotatable bonds is 7. The van der Waals surface area contributed by atoms with Crippen LogP contribution in [0.2, 0.25) is 0 Å². The van der Waals surface area contributed by atoms with Crippen LogP contribution in [-0.2, 0) is 24.5 Å². The number of aliphatic hydroxyl groups excluding tert-OH is 1. The van der Waals surface area contributed by atoms with E-state index in [1.54, 1.807) is 6.20 Å². The van der Waals surface area contributed by atoms with Gasteiger partial charge in [-0.05, 0) is 11.1 Å². The number of hydrogen-bond acceptors (Lipinski definition) is 3. The molecule has 0 bridgehead atoms. The second-order valence-corrected chi connectivity index (χ2v) is 5.59. The van der Waals surface area contributed by atoms with Crippen molar-refractivity contribution in [2.24, 2.45) is 0 Å². The number of carbonyl (C=O) groups is 1. The van der Waals surface area contributed by atoms with Gasteiger partial charge in [-0.1, -0.05) is 38.1 Å². The van der Waals surface area contributed by atoms with Crippen molar-refractivity contribution in [2.75, 3.05) is 0 Å². The number of aromatic nitrogens is 2. The number of amides is 1. The monoisotopic (exact) mass is 301 g/mol. The Hall–Kier alpha value is -2.14. The van der Waals surface area contributed by atoms with E-state index in [0.717, 1.165) is 17.0 Å². The molecule has 1 aromatic heterocycles. The molecule has 0 atom stereocenters.